The van der Waals surface area contributed by atoms with Gasteiger partial charge >= 0.3 is 0 Å². The molecule has 3 aromatic rings. The van der Waals surface area contributed by atoms with Crippen molar-refractivity contribution in [2.24, 2.45) is 0 Å². The third-order valence-corrected chi connectivity index (χ3v) is 4.91. The van der Waals surface area contributed by atoms with Crippen molar-refractivity contribution in [2.45, 2.75) is 33.1 Å². The number of fused-ring (bicyclic) bond motifs is 2. The van der Waals surface area contributed by atoms with Gasteiger partial charge in [-0.2, -0.15) is 0 Å². The summed E-state index contributed by atoms with van der Waals surface area (Å²) in [5, 5.41) is 10.9. The van der Waals surface area contributed by atoms with Crippen molar-refractivity contribution in [1.82, 2.24) is 0 Å². The van der Waals surface area contributed by atoms with E-state index in [2.05, 4.69) is 63.4 Å². The van der Waals surface area contributed by atoms with E-state index in [0.29, 0.717) is 0 Å². The summed E-state index contributed by atoms with van der Waals surface area (Å²) in [6.45, 7) is 7.43. The first kappa shape index (κ1) is 21.9. The Hall–Kier alpha value is -2.42. The minimum Gasteiger partial charge on any atom is -0.512 e. The van der Waals surface area contributed by atoms with Gasteiger partial charge in [-0.05, 0) is 36.3 Å². The van der Waals surface area contributed by atoms with E-state index < -0.39 is 0 Å². The van der Waals surface area contributed by atoms with E-state index in [9.17, 15) is 4.79 Å². The number of rotatable bonds is 1. The van der Waals surface area contributed by atoms with Crippen LogP contribution in [0.4, 0.5) is 0 Å². The molecular formula is C24H24IrNO2-. The average molecular weight is 551 g/mol. The summed E-state index contributed by atoms with van der Waals surface area (Å²) in [7, 11) is 4.16. The number of aromatic nitrogens is 1. The van der Waals surface area contributed by atoms with Crippen molar-refractivity contribution in [3.63, 3.8) is 0 Å². The van der Waals surface area contributed by atoms with E-state index >= 15 is 0 Å². The quantitative estimate of drug-likeness (QED) is 0.203. The van der Waals surface area contributed by atoms with Crippen LogP contribution in [0, 0.1) is 13.1 Å². The number of allylic oxidation sites excluding steroid dienone is 2. The molecule has 1 radical (unpaired) electrons. The number of ketones is 1. The van der Waals surface area contributed by atoms with E-state index in [4.69, 9.17) is 5.11 Å². The van der Waals surface area contributed by atoms with E-state index in [1.54, 1.807) is 0 Å². The first-order valence-corrected chi connectivity index (χ1v) is 8.91. The molecule has 0 atom stereocenters. The zero-order valence-corrected chi connectivity index (χ0v) is 18.9. The van der Waals surface area contributed by atoms with Gasteiger partial charge in [0.25, 0.3) is 0 Å². The van der Waals surface area contributed by atoms with E-state index in [0.717, 1.165) is 0 Å². The molecule has 0 fully saturated rings. The van der Waals surface area contributed by atoms with Crippen LogP contribution < -0.4 is 4.57 Å². The Bertz CT molecular complexity index is 1060. The maximum Gasteiger partial charge on any atom is 0.155 e. The molecule has 0 unspecified atom stereocenters. The molecule has 1 heterocycles. The number of hydrogen-bond donors (Lipinski definition) is 1. The zero-order valence-electron chi connectivity index (χ0n) is 16.5. The summed E-state index contributed by atoms with van der Waals surface area (Å²) >= 11 is 0. The number of carbonyl (C=O) groups excluding carboxylic acids is 1. The molecule has 0 bridgehead atoms. The summed E-state index contributed by atoms with van der Waals surface area (Å²) in [4.78, 5) is 10.0. The van der Waals surface area contributed by atoms with Crippen molar-refractivity contribution in [3.05, 3.63) is 84.7 Å². The molecule has 1 aliphatic rings. The Morgan fingerprint density at radius 1 is 1.14 bits per heavy atom. The molecule has 0 spiro atoms. The van der Waals surface area contributed by atoms with Crippen molar-refractivity contribution in [3.8, 4) is 11.3 Å². The minimum absolute atomic E-state index is 0. The van der Waals surface area contributed by atoms with Crippen LogP contribution in [0.5, 0.6) is 0 Å². The number of aliphatic hydroxyl groups excluding tert-OH is 1. The zero-order chi connectivity index (χ0) is 19.8. The topological polar surface area (TPSA) is 41.2 Å². The van der Waals surface area contributed by atoms with E-state index in [1.165, 1.54) is 53.1 Å². The van der Waals surface area contributed by atoms with Gasteiger partial charge in [-0.15, -0.1) is 29.8 Å². The molecule has 2 aromatic carbocycles. The molecule has 147 valence electrons. The largest absolute Gasteiger partial charge is 0.512 e. The van der Waals surface area contributed by atoms with Crippen molar-refractivity contribution in [2.75, 3.05) is 0 Å². The molecule has 0 saturated heterocycles. The summed E-state index contributed by atoms with van der Waals surface area (Å²) in [6, 6.07) is 18.4. The fourth-order valence-electron chi connectivity index (χ4n) is 3.74. The van der Waals surface area contributed by atoms with Gasteiger partial charge in [0.15, 0.2) is 5.78 Å². The molecule has 1 aliphatic carbocycles. The first-order valence-electron chi connectivity index (χ1n) is 8.91. The van der Waals surface area contributed by atoms with E-state index in [1.807, 2.05) is 16.8 Å². The van der Waals surface area contributed by atoms with Gasteiger partial charge < -0.3 is 9.67 Å². The predicted octanol–water partition coefficient (Wildman–Crippen LogP) is 4.91. The molecule has 1 aromatic heterocycles. The van der Waals surface area contributed by atoms with Crippen molar-refractivity contribution < 1.29 is 34.6 Å². The summed E-state index contributed by atoms with van der Waals surface area (Å²) in [5.74, 6) is -0.0625. The Balaban J connectivity index is 0.000000306. The van der Waals surface area contributed by atoms with Crippen molar-refractivity contribution >= 4 is 16.6 Å². The number of carbonyl (C=O) groups is 1. The van der Waals surface area contributed by atoms with Crippen LogP contribution >= 0.6 is 0 Å². The van der Waals surface area contributed by atoms with Crippen LogP contribution in [-0.4, -0.2) is 10.9 Å². The molecule has 0 aliphatic heterocycles. The Labute approximate surface area is 180 Å². The number of benzene rings is 2. The maximum absolute atomic E-state index is 10.0. The van der Waals surface area contributed by atoms with Gasteiger partial charge in [-0.1, -0.05) is 37.6 Å². The van der Waals surface area contributed by atoms with Crippen LogP contribution in [0.3, 0.4) is 0 Å². The third kappa shape index (κ3) is 3.89. The molecule has 4 heteroatoms. The van der Waals surface area contributed by atoms with Crippen molar-refractivity contribution in [1.29, 1.82) is 0 Å². The van der Waals surface area contributed by atoms with Gasteiger partial charge in [0.05, 0.1) is 12.0 Å². The van der Waals surface area contributed by atoms with Gasteiger partial charge in [0.2, 0.25) is 0 Å². The minimum atomic E-state index is -0.125. The normalized spacial score (nSPS) is 13.6. The van der Waals surface area contributed by atoms with Gasteiger partial charge in [-0.3, -0.25) is 4.79 Å². The monoisotopic (exact) mass is 551 g/mol. The Kier molecular flexibility index (Phi) is 6.48. The predicted molar refractivity (Wildman–Crippen MR) is 108 cm³/mol. The van der Waals surface area contributed by atoms with Crippen LogP contribution in [0.15, 0.2) is 60.5 Å². The molecule has 0 saturated carbocycles. The number of aliphatic hydroxyl groups is 1. The second-order valence-corrected chi connectivity index (χ2v) is 7.38. The first-order chi connectivity index (χ1) is 12.7. The fourth-order valence-corrected chi connectivity index (χ4v) is 3.74. The number of pyridine rings is 1. The fraction of sp³-hybridized carbons (Fsp3) is 0.208. The van der Waals surface area contributed by atoms with Gasteiger partial charge in [0.1, 0.15) is 5.69 Å². The maximum atomic E-state index is 10.0. The van der Waals surface area contributed by atoms with Crippen LogP contribution in [-0.2, 0) is 30.3 Å². The van der Waals surface area contributed by atoms with Crippen LogP contribution in [0.1, 0.15) is 38.8 Å². The summed E-state index contributed by atoms with van der Waals surface area (Å²) in [5.41, 5.74) is 5.04. The second-order valence-electron chi connectivity index (χ2n) is 7.38. The molecule has 1 N–H and O–H groups in total. The second kappa shape index (κ2) is 8.30. The molecular weight excluding hydrogens is 526 g/mol. The molecule has 3 nitrogen and oxygen atoms in total. The summed E-state index contributed by atoms with van der Waals surface area (Å²) < 4.78 is 1.97. The third-order valence-electron chi connectivity index (χ3n) is 4.91. The smallest absolute Gasteiger partial charge is 0.155 e. The molecule has 28 heavy (non-hydrogen) atoms. The Morgan fingerprint density at radius 2 is 1.82 bits per heavy atom. The SMILES string of the molecule is CC(=O)C=C(C)O.[CH2-][n+]1ccc2cccc3c2c1-c1[c-]cccc1C3(C)C.[Ir]. The van der Waals surface area contributed by atoms with E-state index in [-0.39, 0.29) is 37.1 Å². The van der Waals surface area contributed by atoms with Crippen LogP contribution in [0.2, 0.25) is 0 Å². The number of nitrogens with zero attached hydrogens (tertiary/aromatic N) is 1. The van der Waals surface area contributed by atoms with Crippen LogP contribution in [0.25, 0.3) is 22.0 Å². The Morgan fingerprint density at radius 3 is 2.43 bits per heavy atom. The number of hydrogen-bond acceptors (Lipinski definition) is 2. The average Bonchev–Trinajstić information content (AvgIpc) is 2.60. The van der Waals surface area contributed by atoms with Gasteiger partial charge in [0, 0.05) is 38.6 Å². The molecule has 4 rings (SSSR count). The summed E-state index contributed by atoms with van der Waals surface area (Å²) in [6.07, 6.45) is 3.20. The standard InChI is InChI=1S/C19H16N.C5H8O2.Ir/c1-19(2)15-9-5-4-8-14(15)18-17-13(11-12-20(18)3)7-6-10-16(17)19;1-4(6)3-5(2)7;/h4-7,9-12H,3H2,1-2H3;3,6H,1-2H3;/q-1;;. The molecule has 0 amide bonds. The van der Waals surface area contributed by atoms with Gasteiger partial charge in [-0.25, -0.2) is 0 Å².